The second-order valence-corrected chi connectivity index (χ2v) is 7.20. The van der Waals surface area contributed by atoms with Crippen LogP contribution in [-0.2, 0) is 4.79 Å². The van der Waals surface area contributed by atoms with Crippen molar-refractivity contribution in [3.63, 3.8) is 0 Å². The number of carbonyl (C=O) groups excluding carboxylic acids is 2. The van der Waals surface area contributed by atoms with Gasteiger partial charge in [0.15, 0.2) is 0 Å². The number of amides is 2. The largest absolute Gasteiger partial charge is 0.457 e. The van der Waals surface area contributed by atoms with Crippen molar-refractivity contribution in [2.24, 2.45) is 0 Å². The fourth-order valence-corrected chi connectivity index (χ4v) is 2.45. The fraction of sp³-hybridized carbons (Fsp3) is 0.333. The highest BCUT2D eigenvalue weighted by molar-refractivity contribution is 5.96. The van der Waals surface area contributed by atoms with Crippen molar-refractivity contribution < 1.29 is 18.7 Å². The summed E-state index contributed by atoms with van der Waals surface area (Å²) >= 11 is 0. The molecule has 27 heavy (non-hydrogen) atoms. The molecule has 0 spiro atoms. The molecule has 144 valence electrons. The molecule has 6 heteroatoms. The zero-order valence-corrected chi connectivity index (χ0v) is 16.1. The molecule has 5 nitrogen and oxygen atoms in total. The number of hydrogen-bond donors (Lipinski definition) is 1. The molecule has 2 aromatic carbocycles. The summed E-state index contributed by atoms with van der Waals surface area (Å²) in [5.74, 6) is 0.276. The summed E-state index contributed by atoms with van der Waals surface area (Å²) in [5, 5.41) is 2.85. The molecule has 0 aliphatic rings. The fourth-order valence-electron chi connectivity index (χ4n) is 2.45. The molecular weight excluding hydrogens is 347 g/mol. The van der Waals surface area contributed by atoms with Gasteiger partial charge in [0.2, 0.25) is 5.91 Å². The van der Waals surface area contributed by atoms with E-state index in [0.29, 0.717) is 23.6 Å². The van der Waals surface area contributed by atoms with Gasteiger partial charge in [-0.05, 0) is 76.2 Å². The zero-order chi connectivity index (χ0) is 20.0. The summed E-state index contributed by atoms with van der Waals surface area (Å²) in [6.07, 6.45) is 0. The van der Waals surface area contributed by atoms with Crippen molar-refractivity contribution in [2.45, 2.75) is 33.2 Å². The molecule has 0 aliphatic carbocycles. The lowest BCUT2D eigenvalue weighted by atomic mass is 10.1. The van der Waals surface area contributed by atoms with Gasteiger partial charge in [-0.3, -0.25) is 9.59 Å². The molecule has 2 amide bonds. The van der Waals surface area contributed by atoms with E-state index in [1.165, 1.54) is 29.2 Å². The molecule has 0 atom stereocenters. The number of benzene rings is 2. The number of nitrogens with one attached hydrogen (secondary N) is 1. The van der Waals surface area contributed by atoms with Crippen LogP contribution in [0.1, 0.15) is 38.1 Å². The molecule has 0 saturated heterocycles. The van der Waals surface area contributed by atoms with Crippen LogP contribution in [0.4, 0.5) is 4.39 Å². The average Bonchev–Trinajstić information content (AvgIpc) is 2.60. The summed E-state index contributed by atoms with van der Waals surface area (Å²) < 4.78 is 18.6. The Kier molecular flexibility index (Phi) is 6.55. The monoisotopic (exact) mass is 372 g/mol. The molecule has 0 fully saturated rings. The van der Waals surface area contributed by atoms with E-state index in [2.05, 4.69) is 5.32 Å². The first-order chi connectivity index (χ1) is 12.7. The van der Waals surface area contributed by atoms with Crippen LogP contribution in [0, 0.1) is 5.82 Å². The maximum atomic E-state index is 12.9. The van der Waals surface area contributed by atoms with Crippen molar-refractivity contribution >= 4 is 11.8 Å². The lowest BCUT2D eigenvalue weighted by Crippen LogP contribution is -2.47. The number of rotatable bonds is 6. The van der Waals surface area contributed by atoms with Crippen LogP contribution in [0.2, 0.25) is 0 Å². The van der Waals surface area contributed by atoms with Crippen molar-refractivity contribution in [1.29, 1.82) is 0 Å². The van der Waals surface area contributed by atoms with E-state index < -0.39 is 0 Å². The molecule has 0 unspecified atom stereocenters. The van der Waals surface area contributed by atoms with Gasteiger partial charge in [-0.2, -0.15) is 0 Å². The summed E-state index contributed by atoms with van der Waals surface area (Å²) in [5.41, 5.74) is 0.116. The Hall–Kier alpha value is -2.89. The van der Waals surface area contributed by atoms with E-state index in [1.54, 1.807) is 24.3 Å². The van der Waals surface area contributed by atoms with E-state index in [0.717, 1.165) is 0 Å². The number of likely N-dealkylation sites (N-methyl/N-ethyl adjacent to an activating group) is 1. The topological polar surface area (TPSA) is 58.6 Å². The second kappa shape index (κ2) is 8.66. The number of nitrogens with zero attached hydrogens (tertiary/aromatic N) is 1. The van der Waals surface area contributed by atoms with Crippen LogP contribution < -0.4 is 10.1 Å². The zero-order valence-electron chi connectivity index (χ0n) is 16.1. The molecule has 1 N–H and O–H groups in total. The van der Waals surface area contributed by atoms with Crippen LogP contribution in [0.5, 0.6) is 11.5 Å². The summed E-state index contributed by atoms with van der Waals surface area (Å²) in [6.45, 7) is 7.92. The van der Waals surface area contributed by atoms with E-state index in [4.69, 9.17) is 4.74 Å². The molecule has 0 heterocycles. The highest BCUT2D eigenvalue weighted by atomic mass is 19.1. The van der Waals surface area contributed by atoms with Crippen molar-refractivity contribution in [2.75, 3.05) is 13.1 Å². The molecule has 0 radical (unpaired) electrons. The van der Waals surface area contributed by atoms with E-state index >= 15 is 0 Å². The first kappa shape index (κ1) is 20.4. The number of hydrogen-bond acceptors (Lipinski definition) is 3. The van der Waals surface area contributed by atoms with Gasteiger partial charge < -0.3 is 15.0 Å². The summed E-state index contributed by atoms with van der Waals surface area (Å²) in [7, 11) is 0. The Labute approximate surface area is 159 Å². The van der Waals surface area contributed by atoms with Crippen molar-refractivity contribution in [1.82, 2.24) is 10.2 Å². The maximum Gasteiger partial charge on any atom is 0.254 e. The highest BCUT2D eigenvalue weighted by Crippen LogP contribution is 2.22. The number of halogens is 1. The van der Waals surface area contributed by atoms with Crippen molar-refractivity contribution in [3.8, 4) is 11.5 Å². The molecule has 0 aromatic heterocycles. The van der Waals surface area contributed by atoms with Crippen LogP contribution in [0.25, 0.3) is 0 Å². The van der Waals surface area contributed by atoms with Gasteiger partial charge in [0.25, 0.3) is 5.91 Å². The van der Waals surface area contributed by atoms with E-state index in [9.17, 15) is 14.0 Å². The summed E-state index contributed by atoms with van der Waals surface area (Å²) in [6, 6.07) is 12.3. The van der Waals surface area contributed by atoms with Crippen molar-refractivity contribution in [3.05, 3.63) is 59.9 Å². The third-order valence-corrected chi connectivity index (χ3v) is 3.67. The average molecular weight is 372 g/mol. The Bertz CT molecular complexity index is 781. The van der Waals surface area contributed by atoms with Gasteiger partial charge in [-0.15, -0.1) is 0 Å². The first-order valence-electron chi connectivity index (χ1n) is 8.81. The van der Waals surface area contributed by atoms with Crippen LogP contribution in [0.15, 0.2) is 48.5 Å². The Morgan fingerprint density at radius 3 is 2.00 bits per heavy atom. The van der Waals surface area contributed by atoms with Gasteiger partial charge in [0.05, 0.1) is 6.54 Å². The van der Waals surface area contributed by atoms with Gasteiger partial charge in [-0.1, -0.05) is 0 Å². The van der Waals surface area contributed by atoms with Gasteiger partial charge >= 0.3 is 0 Å². The Morgan fingerprint density at radius 1 is 1.00 bits per heavy atom. The van der Waals surface area contributed by atoms with Crippen LogP contribution in [-0.4, -0.2) is 35.3 Å². The molecule has 0 aliphatic heterocycles. The number of carbonyl (C=O) groups is 2. The normalized spacial score (nSPS) is 11.0. The van der Waals surface area contributed by atoms with Crippen LogP contribution >= 0.6 is 0 Å². The molecule has 2 aromatic rings. The number of ether oxygens (including phenoxy) is 1. The summed E-state index contributed by atoms with van der Waals surface area (Å²) in [4.78, 5) is 26.2. The molecule has 2 rings (SSSR count). The minimum Gasteiger partial charge on any atom is -0.457 e. The Morgan fingerprint density at radius 2 is 1.52 bits per heavy atom. The molecule has 0 saturated carbocycles. The third kappa shape index (κ3) is 6.40. The predicted octanol–water partition coefficient (Wildman–Crippen LogP) is 3.99. The van der Waals surface area contributed by atoms with E-state index in [-0.39, 0.29) is 29.7 Å². The maximum absolute atomic E-state index is 12.9. The third-order valence-electron chi connectivity index (χ3n) is 3.67. The highest BCUT2D eigenvalue weighted by Gasteiger charge is 2.20. The lowest BCUT2D eigenvalue weighted by Gasteiger charge is -2.25. The van der Waals surface area contributed by atoms with Crippen LogP contribution in [0.3, 0.4) is 0 Å². The van der Waals surface area contributed by atoms with Gasteiger partial charge in [0.1, 0.15) is 17.3 Å². The second-order valence-electron chi connectivity index (χ2n) is 7.20. The minimum atomic E-state index is -0.348. The first-order valence-corrected chi connectivity index (χ1v) is 8.81. The molecular formula is C21H25FN2O3. The molecule has 0 bridgehead atoms. The van der Waals surface area contributed by atoms with E-state index in [1.807, 2.05) is 27.7 Å². The predicted molar refractivity (Wildman–Crippen MR) is 102 cm³/mol. The van der Waals surface area contributed by atoms with Gasteiger partial charge in [0, 0.05) is 17.6 Å². The standard InChI is InChI=1S/C21H25FN2O3/c1-5-24(14-19(25)23-21(2,3)4)20(26)15-6-10-17(11-7-15)27-18-12-8-16(22)9-13-18/h6-13H,5,14H2,1-4H3,(H,23,25). The lowest BCUT2D eigenvalue weighted by molar-refractivity contribution is -0.123. The smallest absolute Gasteiger partial charge is 0.254 e. The van der Waals surface area contributed by atoms with Gasteiger partial charge in [-0.25, -0.2) is 4.39 Å². The SMILES string of the molecule is CCN(CC(=O)NC(C)(C)C)C(=O)c1ccc(Oc2ccc(F)cc2)cc1. The Balaban J connectivity index is 2.02. The minimum absolute atomic E-state index is 0.000431. The quantitative estimate of drug-likeness (QED) is 0.834.